The number of nitrogens with one attached hydrogen (secondary N) is 2. The fourth-order valence-corrected chi connectivity index (χ4v) is 2.37. The van der Waals surface area contributed by atoms with E-state index < -0.39 is 10.0 Å². The normalized spacial score (nSPS) is 11.4. The molecule has 0 saturated heterocycles. The summed E-state index contributed by atoms with van der Waals surface area (Å²) in [6, 6.07) is 4.42. The monoisotopic (exact) mass is 318 g/mol. The van der Waals surface area contributed by atoms with Crippen molar-refractivity contribution in [3.63, 3.8) is 0 Å². The van der Waals surface area contributed by atoms with Gasteiger partial charge in [-0.1, -0.05) is 25.4 Å². The third-order valence-corrected chi connectivity index (χ3v) is 3.44. The van der Waals surface area contributed by atoms with Crippen LogP contribution in [0.3, 0.4) is 0 Å². The predicted octanol–water partition coefficient (Wildman–Crippen LogP) is 2.49. The van der Waals surface area contributed by atoms with E-state index in [2.05, 4.69) is 23.9 Å². The van der Waals surface area contributed by atoms with Gasteiger partial charge in [-0.25, -0.2) is 8.42 Å². The van der Waals surface area contributed by atoms with E-state index in [1.165, 1.54) is 18.2 Å². The highest BCUT2D eigenvalue weighted by molar-refractivity contribution is 7.92. The summed E-state index contributed by atoms with van der Waals surface area (Å²) in [5.41, 5.74) is 0.658. The van der Waals surface area contributed by atoms with Gasteiger partial charge in [-0.15, -0.1) is 0 Å². The maximum Gasteiger partial charge on any atom is 0.252 e. The summed E-state index contributed by atoms with van der Waals surface area (Å²) >= 11 is 6.00. The highest BCUT2D eigenvalue weighted by Crippen LogP contribution is 2.21. The molecule has 20 heavy (non-hydrogen) atoms. The van der Waals surface area contributed by atoms with Crippen LogP contribution in [0.15, 0.2) is 18.2 Å². The fraction of sp³-hybridized carbons (Fsp3) is 0.462. The van der Waals surface area contributed by atoms with Gasteiger partial charge in [-0.2, -0.15) is 0 Å². The van der Waals surface area contributed by atoms with Crippen LogP contribution in [-0.2, 0) is 10.0 Å². The van der Waals surface area contributed by atoms with Crippen molar-refractivity contribution in [3.8, 4) is 0 Å². The zero-order chi connectivity index (χ0) is 15.3. The Morgan fingerprint density at radius 1 is 1.35 bits per heavy atom. The van der Waals surface area contributed by atoms with Gasteiger partial charge in [-0.05, 0) is 30.5 Å². The second-order valence-electron chi connectivity index (χ2n) is 5.01. The zero-order valence-corrected chi connectivity index (χ0v) is 13.3. The maximum absolute atomic E-state index is 11.9. The van der Waals surface area contributed by atoms with Gasteiger partial charge in [0.2, 0.25) is 10.0 Å². The summed E-state index contributed by atoms with van der Waals surface area (Å²) in [6.45, 7) is 4.73. The lowest BCUT2D eigenvalue weighted by atomic mass is 10.1. The van der Waals surface area contributed by atoms with Crippen molar-refractivity contribution >= 4 is 33.2 Å². The minimum absolute atomic E-state index is 0.209. The van der Waals surface area contributed by atoms with E-state index >= 15 is 0 Å². The van der Waals surface area contributed by atoms with E-state index in [1.54, 1.807) is 0 Å². The minimum atomic E-state index is -3.36. The Morgan fingerprint density at radius 2 is 2.00 bits per heavy atom. The average Bonchev–Trinajstić information content (AvgIpc) is 2.25. The largest absolute Gasteiger partial charge is 0.352 e. The van der Waals surface area contributed by atoms with Crippen LogP contribution in [0.1, 0.15) is 30.6 Å². The lowest BCUT2D eigenvalue weighted by Gasteiger charge is -2.10. The first-order chi connectivity index (χ1) is 9.19. The molecule has 112 valence electrons. The number of carbonyl (C=O) groups is 1. The van der Waals surface area contributed by atoms with Crippen LogP contribution in [0.4, 0.5) is 5.69 Å². The van der Waals surface area contributed by atoms with Gasteiger partial charge in [0.25, 0.3) is 5.91 Å². The summed E-state index contributed by atoms with van der Waals surface area (Å²) in [5, 5.41) is 2.99. The molecule has 0 aliphatic carbocycles. The maximum atomic E-state index is 11.9. The first-order valence-electron chi connectivity index (χ1n) is 6.24. The van der Waals surface area contributed by atoms with Crippen molar-refractivity contribution in [2.45, 2.75) is 20.3 Å². The van der Waals surface area contributed by atoms with E-state index in [1.807, 2.05) is 0 Å². The van der Waals surface area contributed by atoms with E-state index in [4.69, 9.17) is 11.6 Å². The molecule has 5 nitrogen and oxygen atoms in total. The van der Waals surface area contributed by atoms with Gasteiger partial charge in [0, 0.05) is 12.2 Å². The standard InChI is InChI=1S/C13H19ClN2O3S/c1-9(2)6-7-15-13(17)11-5-4-10(8-12(11)14)16-20(3,18)19/h4-5,8-9,16H,6-7H2,1-3H3,(H,15,17). The van der Waals surface area contributed by atoms with Crippen LogP contribution in [0, 0.1) is 5.92 Å². The van der Waals surface area contributed by atoms with Crippen molar-refractivity contribution in [1.82, 2.24) is 5.32 Å². The number of amides is 1. The Balaban J connectivity index is 2.75. The number of hydrogen-bond acceptors (Lipinski definition) is 3. The van der Waals surface area contributed by atoms with Crippen molar-refractivity contribution in [1.29, 1.82) is 0 Å². The second kappa shape index (κ2) is 6.95. The van der Waals surface area contributed by atoms with Gasteiger partial charge in [0.1, 0.15) is 0 Å². The van der Waals surface area contributed by atoms with Crippen LogP contribution in [-0.4, -0.2) is 27.1 Å². The van der Waals surface area contributed by atoms with E-state index in [0.717, 1.165) is 12.7 Å². The molecule has 0 heterocycles. The Labute approximate surface area is 124 Å². The number of benzene rings is 1. The number of sulfonamides is 1. The molecule has 1 aromatic rings. The fourth-order valence-electron chi connectivity index (χ4n) is 1.55. The predicted molar refractivity (Wildman–Crippen MR) is 81.7 cm³/mol. The van der Waals surface area contributed by atoms with E-state index in [-0.39, 0.29) is 10.9 Å². The molecule has 1 aromatic carbocycles. The smallest absolute Gasteiger partial charge is 0.252 e. The second-order valence-corrected chi connectivity index (χ2v) is 7.16. The Morgan fingerprint density at radius 3 is 2.50 bits per heavy atom. The van der Waals surface area contributed by atoms with Crippen molar-refractivity contribution in [2.24, 2.45) is 5.92 Å². The lowest BCUT2D eigenvalue weighted by molar-refractivity contribution is 0.0952. The topological polar surface area (TPSA) is 75.3 Å². The minimum Gasteiger partial charge on any atom is -0.352 e. The quantitative estimate of drug-likeness (QED) is 0.846. The van der Waals surface area contributed by atoms with Gasteiger partial charge in [0.05, 0.1) is 16.8 Å². The van der Waals surface area contributed by atoms with Crippen molar-refractivity contribution in [2.75, 3.05) is 17.5 Å². The molecular formula is C13H19ClN2O3S. The molecule has 0 spiro atoms. The van der Waals surface area contributed by atoms with Crippen LogP contribution < -0.4 is 10.0 Å². The summed E-state index contributed by atoms with van der Waals surface area (Å²) < 4.78 is 24.5. The number of carbonyl (C=O) groups excluding carboxylic acids is 1. The van der Waals surface area contributed by atoms with Gasteiger partial charge < -0.3 is 5.32 Å². The zero-order valence-electron chi connectivity index (χ0n) is 11.7. The van der Waals surface area contributed by atoms with Crippen molar-refractivity contribution in [3.05, 3.63) is 28.8 Å². The molecule has 0 radical (unpaired) electrons. The Hall–Kier alpha value is -1.27. The summed E-state index contributed by atoms with van der Waals surface area (Å²) in [4.78, 5) is 11.9. The van der Waals surface area contributed by atoms with Gasteiger partial charge in [-0.3, -0.25) is 9.52 Å². The highest BCUT2D eigenvalue weighted by atomic mass is 35.5. The molecule has 0 unspecified atom stereocenters. The van der Waals surface area contributed by atoms with Gasteiger partial charge >= 0.3 is 0 Å². The molecule has 0 bridgehead atoms. The molecule has 1 amide bonds. The molecule has 0 saturated carbocycles. The highest BCUT2D eigenvalue weighted by Gasteiger charge is 2.12. The summed E-state index contributed by atoms with van der Waals surface area (Å²) in [5.74, 6) is 0.244. The summed E-state index contributed by atoms with van der Waals surface area (Å²) in [6.07, 6.45) is 1.94. The van der Waals surface area contributed by atoms with Crippen molar-refractivity contribution < 1.29 is 13.2 Å². The molecule has 2 N–H and O–H groups in total. The van der Waals surface area contributed by atoms with Crippen LogP contribution in [0.25, 0.3) is 0 Å². The van der Waals surface area contributed by atoms with Gasteiger partial charge in [0.15, 0.2) is 0 Å². The number of rotatable bonds is 6. The van der Waals surface area contributed by atoms with Crippen LogP contribution >= 0.6 is 11.6 Å². The molecular weight excluding hydrogens is 300 g/mol. The molecule has 0 aliphatic heterocycles. The van der Waals surface area contributed by atoms with Crippen LogP contribution in [0.5, 0.6) is 0 Å². The third-order valence-electron chi connectivity index (χ3n) is 2.52. The first-order valence-corrected chi connectivity index (χ1v) is 8.51. The molecule has 7 heteroatoms. The molecule has 0 aliphatic rings. The number of hydrogen-bond donors (Lipinski definition) is 2. The molecule has 0 fully saturated rings. The van der Waals surface area contributed by atoms with E-state index in [0.29, 0.717) is 23.7 Å². The average molecular weight is 319 g/mol. The molecule has 1 rings (SSSR count). The Bertz CT molecular complexity index is 585. The van der Waals surface area contributed by atoms with Crippen LogP contribution in [0.2, 0.25) is 5.02 Å². The van der Waals surface area contributed by atoms with E-state index in [9.17, 15) is 13.2 Å². The molecule has 0 atom stereocenters. The molecule has 0 aromatic heterocycles. The number of halogens is 1. The Kier molecular flexibility index (Phi) is 5.83. The first kappa shape index (κ1) is 16.8. The third kappa shape index (κ3) is 5.79. The lowest BCUT2D eigenvalue weighted by Crippen LogP contribution is -2.25. The SMILES string of the molecule is CC(C)CCNC(=O)c1ccc(NS(C)(=O)=O)cc1Cl. The number of anilines is 1. The summed E-state index contributed by atoms with van der Waals surface area (Å²) in [7, 11) is -3.36.